The predicted molar refractivity (Wildman–Crippen MR) is 75.3 cm³/mol. The summed E-state index contributed by atoms with van der Waals surface area (Å²) in [4.78, 5) is 13.6. The summed E-state index contributed by atoms with van der Waals surface area (Å²) in [6.45, 7) is 2.20. The summed E-state index contributed by atoms with van der Waals surface area (Å²) in [6.07, 6.45) is 2.69. The lowest BCUT2D eigenvalue weighted by Gasteiger charge is -2.21. The molecule has 0 bridgehead atoms. The number of rotatable bonds is 5. The van der Waals surface area contributed by atoms with Crippen molar-refractivity contribution < 1.29 is 9.53 Å². The molecule has 1 amide bonds. The van der Waals surface area contributed by atoms with Gasteiger partial charge in [0.1, 0.15) is 5.75 Å². The van der Waals surface area contributed by atoms with E-state index in [9.17, 15) is 4.79 Å². The van der Waals surface area contributed by atoms with Crippen molar-refractivity contribution in [2.45, 2.75) is 25.8 Å². The molecular weight excluding hydrogens is 240 g/mol. The van der Waals surface area contributed by atoms with Crippen molar-refractivity contribution in [1.29, 1.82) is 0 Å². The van der Waals surface area contributed by atoms with E-state index < -0.39 is 0 Å². The first-order valence-electron chi connectivity index (χ1n) is 6.84. The van der Waals surface area contributed by atoms with Gasteiger partial charge in [-0.15, -0.1) is 0 Å². The molecule has 0 unspecified atom stereocenters. The number of fused-ring (bicyclic) bond motifs is 1. The van der Waals surface area contributed by atoms with E-state index in [1.165, 1.54) is 11.1 Å². The van der Waals surface area contributed by atoms with Crippen LogP contribution < -0.4 is 10.1 Å². The van der Waals surface area contributed by atoms with E-state index in [1.54, 1.807) is 4.90 Å². The lowest BCUT2D eigenvalue weighted by atomic mass is 10.0. The number of hydrogen-bond donors (Lipinski definition) is 1. The first-order valence-corrected chi connectivity index (χ1v) is 6.84. The second-order valence-corrected chi connectivity index (χ2v) is 5.00. The molecule has 1 aromatic carbocycles. The Morgan fingerprint density at radius 1 is 1.47 bits per heavy atom. The average Bonchev–Trinajstić information content (AvgIpc) is 2.44. The molecule has 0 aliphatic carbocycles. The minimum absolute atomic E-state index is 0.170. The van der Waals surface area contributed by atoms with Crippen LogP contribution in [0, 0.1) is 0 Å². The Labute approximate surface area is 114 Å². The van der Waals surface area contributed by atoms with Crippen molar-refractivity contribution in [3.05, 3.63) is 29.3 Å². The molecule has 0 fully saturated rings. The number of nitrogens with one attached hydrogen (secondary N) is 1. The van der Waals surface area contributed by atoms with E-state index >= 15 is 0 Å². The second kappa shape index (κ2) is 6.57. The fourth-order valence-electron chi connectivity index (χ4n) is 2.30. The molecule has 1 aliphatic rings. The van der Waals surface area contributed by atoms with Crippen LogP contribution in [0.1, 0.15) is 24.0 Å². The van der Waals surface area contributed by atoms with Gasteiger partial charge in [0.15, 0.2) is 0 Å². The molecule has 4 heteroatoms. The van der Waals surface area contributed by atoms with Crippen LogP contribution >= 0.6 is 0 Å². The van der Waals surface area contributed by atoms with Crippen LogP contribution in [0.25, 0.3) is 0 Å². The van der Waals surface area contributed by atoms with E-state index in [0.29, 0.717) is 13.0 Å². The quantitative estimate of drug-likeness (QED) is 0.876. The Kier molecular flexibility index (Phi) is 4.80. The number of benzene rings is 1. The number of carbonyl (C=O) groups is 1. The van der Waals surface area contributed by atoms with Gasteiger partial charge >= 0.3 is 0 Å². The van der Waals surface area contributed by atoms with Crippen LogP contribution in [0.4, 0.5) is 0 Å². The summed E-state index contributed by atoms with van der Waals surface area (Å²) in [7, 11) is 3.71. The highest BCUT2D eigenvalue weighted by atomic mass is 16.5. The first kappa shape index (κ1) is 13.9. The second-order valence-electron chi connectivity index (χ2n) is 5.00. The van der Waals surface area contributed by atoms with Gasteiger partial charge in [-0.2, -0.15) is 0 Å². The molecule has 0 atom stereocenters. The maximum atomic E-state index is 11.9. The van der Waals surface area contributed by atoms with E-state index in [2.05, 4.69) is 11.4 Å². The number of carbonyl (C=O) groups excluding carboxylic acids is 1. The maximum Gasteiger partial charge on any atom is 0.223 e. The summed E-state index contributed by atoms with van der Waals surface area (Å²) >= 11 is 0. The van der Waals surface area contributed by atoms with Crippen molar-refractivity contribution in [3.63, 3.8) is 0 Å². The molecule has 104 valence electrons. The van der Waals surface area contributed by atoms with Crippen LogP contribution in [0.15, 0.2) is 18.2 Å². The molecule has 0 saturated heterocycles. The molecule has 4 nitrogen and oxygen atoms in total. The first-order chi connectivity index (χ1) is 9.20. The lowest BCUT2D eigenvalue weighted by Crippen LogP contribution is -2.28. The van der Waals surface area contributed by atoms with Crippen molar-refractivity contribution in [2.75, 3.05) is 27.2 Å². The van der Waals surface area contributed by atoms with Gasteiger partial charge in [-0.25, -0.2) is 0 Å². The van der Waals surface area contributed by atoms with Gasteiger partial charge in [0.05, 0.1) is 6.61 Å². The molecule has 1 aromatic rings. The smallest absolute Gasteiger partial charge is 0.223 e. The van der Waals surface area contributed by atoms with Gasteiger partial charge in [0.2, 0.25) is 5.91 Å². The van der Waals surface area contributed by atoms with Crippen molar-refractivity contribution >= 4 is 5.91 Å². The number of nitrogens with zero attached hydrogens (tertiary/aromatic N) is 1. The summed E-state index contributed by atoms with van der Waals surface area (Å²) in [6, 6.07) is 6.23. The van der Waals surface area contributed by atoms with E-state index in [4.69, 9.17) is 4.74 Å². The Morgan fingerprint density at radius 3 is 3.11 bits per heavy atom. The third-order valence-corrected chi connectivity index (χ3v) is 3.41. The zero-order chi connectivity index (χ0) is 13.7. The Bertz CT molecular complexity index is 446. The third-order valence-electron chi connectivity index (χ3n) is 3.41. The molecule has 0 saturated carbocycles. The Balaban J connectivity index is 1.97. The molecule has 19 heavy (non-hydrogen) atoms. The van der Waals surface area contributed by atoms with E-state index in [-0.39, 0.29) is 5.91 Å². The van der Waals surface area contributed by atoms with Crippen molar-refractivity contribution in [1.82, 2.24) is 10.2 Å². The standard InChI is InChI=1S/C15H22N2O2/c1-16-8-7-15(18)17(2)11-12-5-6-14-13(10-12)4-3-9-19-14/h5-6,10,16H,3-4,7-9,11H2,1-2H3. The average molecular weight is 262 g/mol. The van der Waals surface area contributed by atoms with Crippen LogP contribution in [0.3, 0.4) is 0 Å². The molecular formula is C15H22N2O2. The van der Waals surface area contributed by atoms with E-state index in [1.807, 2.05) is 26.2 Å². The van der Waals surface area contributed by atoms with Gasteiger partial charge in [0.25, 0.3) is 0 Å². The summed E-state index contributed by atoms with van der Waals surface area (Å²) in [5, 5.41) is 2.99. The predicted octanol–water partition coefficient (Wildman–Crippen LogP) is 1.58. The molecule has 1 heterocycles. The minimum atomic E-state index is 0.170. The minimum Gasteiger partial charge on any atom is -0.493 e. The number of hydrogen-bond acceptors (Lipinski definition) is 3. The molecule has 2 rings (SSSR count). The summed E-state index contributed by atoms with van der Waals surface area (Å²) < 4.78 is 5.60. The highest BCUT2D eigenvalue weighted by Gasteiger charge is 2.13. The number of ether oxygens (including phenoxy) is 1. The van der Waals surface area contributed by atoms with Crippen LogP contribution in [0.2, 0.25) is 0 Å². The normalized spacial score (nSPS) is 13.6. The number of aryl methyl sites for hydroxylation is 1. The van der Waals surface area contributed by atoms with Crippen molar-refractivity contribution in [3.8, 4) is 5.75 Å². The molecule has 1 N–H and O–H groups in total. The lowest BCUT2D eigenvalue weighted by molar-refractivity contribution is -0.130. The number of amides is 1. The van der Waals surface area contributed by atoms with Gasteiger partial charge in [-0.05, 0) is 37.1 Å². The van der Waals surface area contributed by atoms with Gasteiger partial charge in [-0.1, -0.05) is 12.1 Å². The van der Waals surface area contributed by atoms with Crippen molar-refractivity contribution in [2.24, 2.45) is 0 Å². The van der Waals surface area contributed by atoms with Gasteiger partial charge < -0.3 is 15.0 Å². The Hall–Kier alpha value is -1.55. The van der Waals surface area contributed by atoms with Gasteiger partial charge in [0, 0.05) is 26.6 Å². The topological polar surface area (TPSA) is 41.6 Å². The summed E-state index contributed by atoms with van der Waals surface area (Å²) in [5.74, 6) is 1.17. The maximum absolute atomic E-state index is 11.9. The van der Waals surface area contributed by atoms with Crippen LogP contribution in [-0.4, -0.2) is 38.1 Å². The third kappa shape index (κ3) is 3.70. The molecule has 1 aliphatic heterocycles. The highest BCUT2D eigenvalue weighted by molar-refractivity contribution is 5.76. The van der Waals surface area contributed by atoms with Crippen LogP contribution in [0.5, 0.6) is 5.75 Å². The molecule has 0 radical (unpaired) electrons. The largest absolute Gasteiger partial charge is 0.493 e. The fourth-order valence-corrected chi connectivity index (χ4v) is 2.30. The summed E-state index contributed by atoms with van der Waals surface area (Å²) in [5.41, 5.74) is 2.43. The van der Waals surface area contributed by atoms with Crippen LogP contribution in [-0.2, 0) is 17.8 Å². The molecule has 0 aromatic heterocycles. The molecule has 0 spiro atoms. The zero-order valence-corrected chi connectivity index (χ0v) is 11.7. The van der Waals surface area contributed by atoms with Gasteiger partial charge in [-0.3, -0.25) is 4.79 Å². The Morgan fingerprint density at radius 2 is 2.32 bits per heavy atom. The zero-order valence-electron chi connectivity index (χ0n) is 11.7. The van der Waals surface area contributed by atoms with E-state index in [0.717, 1.165) is 31.7 Å². The SMILES string of the molecule is CNCCC(=O)N(C)Cc1ccc2c(c1)CCCO2. The highest BCUT2D eigenvalue weighted by Crippen LogP contribution is 2.25. The fraction of sp³-hybridized carbons (Fsp3) is 0.533. The monoisotopic (exact) mass is 262 g/mol.